The molecule has 0 aromatic heterocycles. The minimum atomic E-state index is -1.36. The van der Waals surface area contributed by atoms with E-state index >= 15 is 0 Å². The summed E-state index contributed by atoms with van der Waals surface area (Å²) in [5.74, 6) is -1.47. The van der Waals surface area contributed by atoms with E-state index in [1.165, 1.54) is 0 Å². The summed E-state index contributed by atoms with van der Waals surface area (Å²) in [6, 6.07) is 0. The molecule has 1 unspecified atom stereocenters. The van der Waals surface area contributed by atoms with Gasteiger partial charge in [-0.3, -0.25) is 9.59 Å². The number of esters is 1. The van der Waals surface area contributed by atoms with Crippen molar-refractivity contribution < 1.29 is 19.4 Å². The fourth-order valence-corrected chi connectivity index (χ4v) is 2.57. The number of carboxylic acid groups (broad SMARTS) is 1. The first-order chi connectivity index (χ1) is 9.40. The maximum absolute atomic E-state index is 12.2. The fourth-order valence-electron chi connectivity index (χ4n) is 2.57. The molecule has 1 atom stereocenters. The van der Waals surface area contributed by atoms with Gasteiger partial charge in [0.2, 0.25) is 0 Å². The van der Waals surface area contributed by atoms with E-state index in [0.29, 0.717) is 12.8 Å². The van der Waals surface area contributed by atoms with Crippen LogP contribution in [0, 0.1) is 11.3 Å². The van der Waals surface area contributed by atoms with Crippen LogP contribution in [0.25, 0.3) is 0 Å². The number of carboxylic acids is 1. The van der Waals surface area contributed by atoms with Crippen LogP contribution in [-0.2, 0) is 14.3 Å². The fraction of sp³-hybridized carbons (Fsp3) is 0.875. The number of carbonyl (C=O) groups is 2. The summed E-state index contributed by atoms with van der Waals surface area (Å²) in [6.07, 6.45) is 5.85. The van der Waals surface area contributed by atoms with Crippen molar-refractivity contribution >= 4 is 11.9 Å². The molecule has 0 aliphatic heterocycles. The van der Waals surface area contributed by atoms with Gasteiger partial charge in [-0.25, -0.2) is 0 Å². The maximum atomic E-state index is 12.2. The highest BCUT2D eigenvalue weighted by atomic mass is 16.5. The lowest BCUT2D eigenvalue weighted by atomic mass is 9.76. The molecule has 0 amide bonds. The van der Waals surface area contributed by atoms with Crippen LogP contribution in [0.15, 0.2) is 0 Å². The van der Waals surface area contributed by atoms with E-state index < -0.39 is 17.4 Å². The quantitative estimate of drug-likeness (QED) is 0.354. The molecule has 0 heterocycles. The number of rotatable bonds is 11. The van der Waals surface area contributed by atoms with E-state index in [0.717, 1.165) is 32.1 Å². The monoisotopic (exact) mass is 286 g/mol. The number of unbranched alkanes of at least 4 members (excludes halogenated alkanes) is 4. The second-order valence-corrected chi connectivity index (χ2v) is 5.87. The van der Waals surface area contributed by atoms with Crippen molar-refractivity contribution in [1.29, 1.82) is 0 Å². The predicted octanol–water partition coefficient (Wildman–Crippen LogP) is 4.03. The largest absolute Gasteiger partial charge is 0.480 e. The molecule has 4 heteroatoms. The molecule has 0 radical (unpaired) electrons. The van der Waals surface area contributed by atoms with Crippen LogP contribution in [0.4, 0.5) is 0 Å². The van der Waals surface area contributed by atoms with Crippen molar-refractivity contribution in [2.24, 2.45) is 11.3 Å². The Balaban J connectivity index is 4.81. The van der Waals surface area contributed by atoms with Gasteiger partial charge in [-0.15, -0.1) is 0 Å². The molecule has 20 heavy (non-hydrogen) atoms. The first-order valence-electron chi connectivity index (χ1n) is 7.81. The zero-order chi connectivity index (χ0) is 15.6. The summed E-state index contributed by atoms with van der Waals surface area (Å²) < 4.78 is 5.03. The predicted molar refractivity (Wildman–Crippen MR) is 79.5 cm³/mol. The van der Waals surface area contributed by atoms with Gasteiger partial charge in [0, 0.05) is 0 Å². The highest BCUT2D eigenvalue weighted by molar-refractivity contribution is 5.99. The van der Waals surface area contributed by atoms with Gasteiger partial charge in [-0.05, 0) is 25.7 Å². The highest BCUT2D eigenvalue weighted by Gasteiger charge is 2.47. The number of hydrogen-bond donors (Lipinski definition) is 1. The third-order valence-corrected chi connectivity index (χ3v) is 3.54. The molecule has 0 fully saturated rings. The minimum Gasteiger partial charge on any atom is -0.480 e. The molecule has 0 saturated heterocycles. The van der Waals surface area contributed by atoms with E-state index in [2.05, 4.69) is 6.92 Å². The smallest absolute Gasteiger partial charge is 0.323 e. The molecule has 4 nitrogen and oxygen atoms in total. The lowest BCUT2D eigenvalue weighted by Crippen LogP contribution is -2.42. The Labute approximate surface area is 122 Å². The van der Waals surface area contributed by atoms with Gasteiger partial charge < -0.3 is 9.84 Å². The summed E-state index contributed by atoms with van der Waals surface area (Å²) in [6.45, 7) is 7.95. The van der Waals surface area contributed by atoms with Gasteiger partial charge in [-0.2, -0.15) is 0 Å². The average molecular weight is 286 g/mol. The first kappa shape index (κ1) is 18.9. The normalized spacial score (nSPS) is 14.1. The molecule has 1 N–H and O–H groups in total. The Hall–Kier alpha value is -1.06. The number of ether oxygens (including phenoxy) is 1. The van der Waals surface area contributed by atoms with Crippen LogP contribution in [0.2, 0.25) is 0 Å². The molecular weight excluding hydrogens is 256 g/mol. The highest BCUT2D eigenvalue weighted by Crippen LogP contribution is 2.35. The Kier molecular flexibility index (Phi) is 9.26. The summed E-state index contributed by atoms with van der Waals surface area (Å²) in [4.78, 5) is 23.9. The number of hydrogen-bond acceptors (Lipinski definition) is 3. The molecule has 0 aromatic rings. The molecule has 0 aliphatic carbocycles. The Morgan fingerprint density at radius 1 is 1.10 bits per heavy atom. The molecule has 0 bridgehead atoms. The molecule has 0 spiro atoms. The Bertz CT molecular complexity index is 299. The van der Waals surface area contributed by atoms with Crippen molar-refractivity contribution in [3.05, 3.63) is 0 Å². The van der Waals surface area contributed by atoms with Crippen LogP contribution >= 0.6 is 0 Å². The second-order valence-electron chi connectivity index (χ2n) is 5.87. The molecule has 0 rings (SSSR count). The zero-order valence-electron chi connectivity index (χ0n) is 13.4. The van der Waals surface area contributed by atoms with Gasteiger partial charge in [-0.1, -0.05) is 52.9 Å². The van der Waals surface area contributed by atoms with Gasteiger partial charge in [0.1, 0.15) is 0 Å². The lowest BCUT2D eigenvalue weighted by Gasteiger charge is -2.28. The third kappa shape index (κ3) is 5.93. The standard InChI is InChI=1S/C16H30O4/c1-5-7-8-9-10-11-16(14(17)18,12-13(3)4)15(19)20-6-2/h13H,5-12H2,1-4H3,(H,17,18). The minimum absolute atomic E-state index is 0.145. The van der Waals surface area contributed by atoms with Crippen LogP contribution < -0.4 is 0 Å². The topological polar surface area (TPSA) is 63.6 Å². The van der Waals surface area contributed by atoms with Gasteiger partial charge in [0.05, 0.1) is 6.61 Å². The van der Waals surface area contributed by atoms with Gasteiger partial charge in [0.25, 0.3) is 0 Å². The molecule has 0 aromatic carbocycles. The van der Waals surface area contributed by atoms with E-state index in [9.17, 15) is 14.7 Å². The Morgan fingerprint density at radius 2 is 1.70 bits per heavy atom. The Morgan fingerprint density at radius 3 is 2.15 bits per heavy atom. The van der Waals surface area contributed by atoms with Crippen molar-refractivity contribution in [3.8, 4) is 0 Å². The second kappa shape index (κ2) is 9.78. The molecule has 118 valence electrons. The molecule has 0 aliphatic rings. The van der Waals surface area contributed by atoms with Crippen LogP contribution in [0.3, 0.4) is 0 Å². The van der Waals surface area contributed by atoms with Crippen molar-refractivity contribution in [2.75, 3.05) is 6.61 Å². The SMILES string of the molecule is CCCCCCCC(CC(C)C)(C(=O)O)C(=O)OCC. The van der Waals surface area contributed by atoms with Crippen molar-refractivity contribution in [3.63, 3.8) is 0 Å². The summed E-state index contributed by atoms with van der Waals surface area (Å²) >= 11 is 0. The first-order valence-corrected chi connectivity index (χ1v) is 7.81. The van der Waals surface area contributed by atoms with Crippen molar-refractivity contribution in [1.82, 2.24) is 0 Å². The third-order valence-electron chi connectivity index (χ3n) is 3.54. The number of carbonyl (C=O) groups excluding carboxylic acids is 1. The molecule has 0 saturated carbocycles. The van der Waals surface area contributed by atoms with E-state index in [4.69, 9.17) is 4.74 Å². The summed E-state index contributed by atoms with van der Waals surface area (Å²) in [7, 11) is 0. The van der Waals surface area contributed by atoms with Gasteiger partial charge in [0.15, 0.2) is 5.41 Å². The molecular formula is C16H30O4. The van der Waals surface area contributed by atoms with Crippen LogP contribution in [0.5, 0.6) is 0 Å². The summed E-state index contributed by atoms with van der Waals surface area (Å²) in [5, 5.41) is 9.57. The van der Waals surface area contributed by atoms with Crippen LogP contribution in [0.1, 0.15) is 72.6 Å². The van der Waals surface area contributed by atoms with Crippen molar-refractivity contribution in [2.45, 2.75) is 72.6 Å². The zero-order valence-corrected chi connectivity index (χ0v) is 13.4. The lowest BCUT2D eigenvalue weighted by molar-refractivity contribution is -0.170. The summed E-state index contributed by atoms with van der Waals surface area (Å²) in [5.41, 5.74) is -1.36. The maximum Gasteiger partial charge on any atom is 0.323 e. The number of aliphatic carboxylic acids is 1. The average Bonchev–Trinajstić information content (AvgIpc) is 2.36. The van der Waals surface area contributed by atoms with E-state index in [1.807, 2.05) is 13.8 Å². The van der Waals surface area contributed by atoms with Crippen LogP contribution in [-0.4, -0.2) is 23.7 Å². The van der Waals surface area contributed by atoms with E-state index in [1.54, 1.807) is 6.92 Å². The van der Waals surface area contributed by atoms with Gasteiger partial charge >= 0.3 is 11.9 Å². The van der Waals surface area contributed by atoms with E-state index in [-0.39, 0.29) is 12.5 Å².